The number of carbonyl (C=O) groups is 1. The Bertz CT molecular complexity index is 522. The van der Waals surface area contributed by atoms with Crippen molar-refractivity contribution >= 4 is 34.2 Å². The van der Waals surface area contributed by atoms with E-state index in [4.69, 9.17) is 4.52 Å². The minimum Gasteiger partial charge on any atom is -0.361 e. The van der Waals surface area contributed by atoms with Crippen LogP contribution >= 0.6 is 22.6 Å². The molecule has 0 fully saturated rings. The van der Waals surface area contributed by atoms with Crippen LogP contribution in [0.2, 0.25) is 0 Å². The third-order valence-corrected chi connectivity index (χ3v) is 3.06. The van der Waals surface area contributed by atoms with E-state index in [2.05, 4.69) is 33.1 Å². The maximum atomic E-state index is 11.8. The van der Waals surface area contributed by atoms with Crippen molar-refractivity contribution in [2.24, 2.45) is 0 Å². The number of rotatable bonds is 2. The summed E-state index contributed by atoms with van der Waals surface area (Å²) < 4.78 is 5.83. The Morgan fingerprint density at radius 1 is 1.44 bits per heavy atom. The van der Waals surface area contributed by atoms with Gasteiger partial charge in [0.15, 0.2) is 0 Å². The minimum atomic E-state index is -0.206. The van der Waals surface area contributed by atoms with Gasteiger partial charge in [-0.3, -0.25) is 4.79 Å². The Morgan fingerprint density at radius 3 is 2.81 bits per heavy atom. The van der Waals surface area contributed by atoms with Crippen LogP contribution in [0.25, 0.3) is 0 Å². The summed E-state index contributed by atoms with van der Waals surface area (Å²) in [5, 5.41) is 6.38. The summed E-state index contributed by atoms with van der Waals surface area (Å²) in [7, 11) is 0. The molecule has 4 nitrogen and oxygen atoms in total. The van der Waals surface area contributed by atoms with Crippen LogP contribution in [-0.2, 0) is 0 Å². The van der Waals surface area contributed by atoms with E-state index >= 15 is 0 Å². The summed E-state index contributed by atoms with van der Waals surface area (Å²) in [5.74, 6) is 0.311. The first-order valence-electron chi connectivity index (χ1n) is 4.65. The van der Waals surface area contributed by atoms with Gasteiger partial charge < -0.3 is 9.84 Å². The molecule has 5 heteroatoms. The van der Waals surface area contributed by atoms with Gasteiger partial charge in [-0.25, -0.2) is 0 Å². The van der Waals surface area contributed by atoms with Crippen LogP contribution in [0, 0.1) is 10.5 Å². The summed E-state index contributed by atoms with van der Waals surface area (Å²) in [4.78, 5) is 11.8. The quantitative estimate of drug-likeness (QED) is 0.863. The molecule has 16 heavy (non-hydrogen) atoms. The Labute approximate surface area is 106 Å². The summed E-state index contributed by atoms with van der Waals surface area (Å²) in [6.45, 7) is 1.71. The number of para-hydroxylation sites is 1. The van der Waals surface area contributed by atoms with Gasteiger partial charge in [-0.2, -0.15) is 0 Å². The van der Waals surface area contributed by atoms with E-state index in [1.807, 2.05) is 24.3 Å². The number of nitrogens with one attached hydrogen (secondary N) is 1. The summed E-state index contributed by atoms with van der Waals surface area (Å²) >= 11 is 2.17. The van der Waals surface area contributed by atoms with Crippen molar-refractivity contribution in [2.45, 2.75) is 6.92 Å². The lowest BCUT2D eigenvalue weighted by Crippen LogP contribution is -2.12. The van der Waals surface area contributed by atoms with E-state index in [-0.39, 0.29) is 5.91 Å². The number of halogens is 1. The number of aryl methyl sites for hydroxylation is 1. The van der Waals surface area contributed by atoms with Crippen LogP contribution in [0.3, 0.4) is 0 Å². The number of anilines is 1. The third-order valence-electron chi connectivity index (χ3n) is 2.12. The third kappa shape index (κ3) is 2.24. The lowest BCUT2D eigenvalue weighted by molar-refractivity contribution is 0.102. The molecule has 0 aliphatic heterocycles. The smallest absolute Gasteiger partial charge is 0.260 e. The Kier molecular flexibility index (Phi) is 3.23. The molecule has 0 aliphatic carbocycles. The number of aromatic nitrogens is 1. The van der Waals surface area contributed by atoms with Crippen molar-refractivity contribution in [3.05, 3.63) is 45.4 Å². The Balaban J connectivity index is 2.21. The SMILES string of the molecule is Cc1oncc1C(=O)Nc1ccccc1I. The van der Waals surface area contributed by atoms with Gasteiger partial charge >= 0.3 is 0 Å². The molecule has 82 valence electrons. The highest BCUT2D eigenvalue weighted by Gasteiger charge is 2.13. The fraction of sp³-hybridized carbons (Fsp3) is 0.0909. The lowest BCUT2D eigenvalue weighted by atomic mass is 10.2. The van der Waals surface area contributed by atoms with Gasteiger partial charge in [0, 0.05) is 3.57 Å². The molecule has 0 spiro atoms. The number of benzene rings is 1. The fourth-order valence-corrected chi connectivity index (χ4v) is 1.79. The summed E-state index contributed by atoms with van der Waals surface area (Å²) in [6.07, 6.45) is 1.42. The second kappa shape index (κ2) is 4.65. The van der Waals surface area contributed by atoms with Crippen LogP contribution in [0.4, 0.5) is 5.69 Å². The molecule has 0 saturated carbocycles. The monoisotopic (exact) mass is 328 g/mol. The van der Waals surface area contributed by atoms with Crippen LogP contribution in [0.1, 0.15) is 16.1 Å². The molecule has 0 aliphatic rings. The van der Waals surface area contributed by atoms with Crippen LogP contribution in [-0.4, -0.2) is 11.1 Å². The maximum absolute atomic E-state index is 11.8. The molecular formula is C11H9IN2O2. The normalized spacial score (nSPS) is 10.1. The first kappa shape index (κ1) is 11.1. The Morgan fingerprint density at radius 2 is 2.19 bits per heavy atom. The van der Waals surface area contributed by atoms with Crippen LogP contribution in [0.15, 0.2) is 35.0 Å². The highest BCUT2D eigenvalue weighted by Crippen LogP contribution is 2.18. The number of hydrogen-bond acceptors (Lipinski definition) is 3. The number of nitrogens with zero attached hydrogens (tertiary/aromatic N) is 1. The molecule has 1 aromatic heterocycles. The minimum absolute atomic E-state index is 0.206. The Hall–Kier alpha value is -1.37. The van der Waals surface area contributed by atoms with Crippen LogP contribution < -0.4 is 5.32 Å². The average molecular weight is 328 g/mol. The zero-order chi connectivity index (χ0) is 11.5. The largest absolute Gasteiger partial charge is 0.361 e. The van der Waals surface area contributed by atoms with Gasteiger partial charge in [-0.1, -0.05) is 17.3 Å². The first-order valence-corrected chi connectivity index (χ1v) is 5.73. The predicted octanol–water partition coefficient (Wildman–Crippen LogP) is 2.84. The number of hydrogen-bond donors (Lipinski definition) is 1. The first-order chi connectivity index (χ1) is 7.68. The van der Waals surface area contributed by atoms with Crippen molar-refractivity contribution in [1.29, 1.82) is 0 Å². The van der Waals surface area contributed by atoms with E-state index < -0.39 is 0 Å². The molecule has 2 aromatic rings. The molecule has 0 unspecified atom stereocenters. The van der Waals surface area contributed by atoms with Gasteiger partial charge in [0.25, 0.3) is 5.91 Å². The molecule has 2 rings (SSSR count). The van der Waals surface area contributed by atoms with Crippen molar-refractivity contribution < 1.29 is 9.32 Å². The molecule has 0 radical (unpaired) electrons. The zero-order valence-corrected chi connectivity index (χ0v) is 10.7. The van der Waals surface area contributed by atoms with Gasteiger partial charge in [-0.05, 0) is 41.6 Å². The standard InChI is InChI=1S/C11H9IN2O2/c1-7-8(6-13-16-7)11(15)14-10-5-3-2-4-9(10)12/h2-6H,1H3,(H,14,15). The lowest BCUT2D eigenvalue weighted by Gasteiger charge is -2.05. The molecule has 1 aromatic carbocycles. The van der Waals surface area contributed by atoms with E-state index in [0.29, 0.717) is 11.3 Å². The van der Waals surface area contributed by atoms with Crippen molar-refractivity contribution in [3.8, 4) is 0 Å². The second-order valence-electron chi connectivity index (χ2n) is 3.23. The van der Waals surface area contributed by atoms with E-state index in [0.717, 1.165) is 9.26 Å². The number of amides is 1. The van der Waals surface area contributed by atoms with Crippen molar-refractivity contribution in [1.82, 2.24) is 5.16 Å². The fourth-order valence-electron chi connectivity index (χ4n) is 1.27. The molecular weight excluding hydrogens is 319 g/mol. The molecule has 0 atom stereocenters. The molecule has 1 amide bonds. The molecule has 0 bridgehead atoms. The topological polar surface area (TPSA) is 55.1 Å². The highest BCUT2D eigenvalue weighted by molar-refractivity contribution is 14.1. The van der Waals surface area contributed by atoms with E-state index in [1.54, 1.807) is 6.92 Å². The zero-order valence-electron chi connectivity index (χ0n) is 8.53. The summed E-state index contributed by atoms with van der Waals surface area (Å²) in [6, 6.07) is 7.57. The highest BCUT2D eigenvalue weighted by atomic mass is 127. The summed E-state index contributed by atoms with van der Waals surface area (Å²) in [5.41, 5.74) is 1.24. The molecule has 0 saturated heterocycles. The van der Waals surface area contributed by atoms with Crippen molar-refractivity contribution in [2.75, 3.05) is 5.32 Å². The second-order valence-corrected chi connectivity index (χ2v) is 4.39. The van der Waals surface area contributed by atoms with Gasteiger partial charge in [0.1, 0.15) is 11.3 Å². The average Bonchev–Trinajstić information content (AvgIpc) is 2.68. The van der Waals surface area contributed by atoms with Crippen molar-refractivity contribution in [3.63, 3.8) is 0 Å². The predicted molar refractivity (Wildman–Crippen MR) is 68.4 cm³/mol. The molecule has 1 N–H and O–H groups in total. The van der Waals surface area contributed by atoms with Gasteiger partial charge in [0.2, 0.25) is 0 Å². The van der Waals surface area contributed by atoms with Gasteiger partial charge in [-0.15, -0.1) is 0 Å². The van der Waals surface area contributed by atoms with E-state index in [9.17, 15) is 4.79 Å². The maximum Gasteiger partial charge on any atom is 0.260 e. The van der Waals surface area contributed by atoms with Gasteiger partial charge in [0.05, 0.1) is 11.9 Å². The molecule has 1 heterocycles. The number of carbonyl (C=O) groups excluding carboxylic acids is 1. The van der Waals surface area contributed by atoms with Crippen LogP contribution in [0.5, 0.6) is 0 Å². The van der Waals surface area contributed by atoms with E-state index in [1.165, 1.54) is 6.20 Å².